The van der Waals surface area contributed by atoms with E-state index in [1.165, 1.54) is 0 Å². The lowest BCUT2D eigenvalue weighted by atomic mass is 9.75. The number of hydrogen-bond acceptors (Lipinski definition) is 2. The molecule has 0 saturated heterocycles. The summed E-state index contributed by atoms with van der Waals surface area (Å²) in [4.78, 5) is 0. The molecule has 1 N–H and O–H groups in total. The van der Waals surface area contributed by atoms with E-state index in [1.807, 2.05) is 0 Å². The van der Waals surface area contributed by atoms with Crippen molar-refractivity contribution in [1.29, 1.82) is 0 Å². The minimum absolute atomic E-state index is 0.0852. The van der Waals surface area contributed by atoms with E-state index < -0.39 is 0 Å². The summed E-state index contributed by atoms with van der Waals surface area (Å²) in [6.45, 7) is 23.3. The second kappa shape index (κ2) is 6.79. The molecule has 0 aromatic rings. The summed E-state index contributed by atoms with van der Waals surface area (Å²) in [5.41, 5.74) is 0.402. The van der Waals surface area contributed by atoms with Crippen molar-refractivity contribution in [2.45, 2.75) is 105 Å². The predicted molar refractivity (Wildman–Crippen MR) is 90.3 cm³/mol. The van der Waals surface area contributed by atoms with Crippen LogP contribution in [0.25, 0.3) is 0 Å². The lowest BCUT2D eigenvalue weighted by molar-refractivity contribution is -0.104. The fraction of sp³-hybridized carbons (Fsp3) is 1.00. The molecule has 2 nitrogen and oxygen atoms in total. The second-order valence-corrected chi connectivity index (χ2v) is 8.59. The third-order valence-electron chi connectivity index (χ3n) is 5.26. The lowest BCUT2D eigenvalue weighted by Crippen LogP contribution is -2.52. The Bertz CT molecular complexity index is 290. The van der Waals surface area contributed by atoms with Gasteiger partial charge in [-0.3, -0.25) is 0 Å². The van der Waals surface area contributed by atoms with Gasteiger partial charge < -0.3 is 10.1 Å². The smallest absolute Gasteiger partial charge is 0.0677 e. The maximum absolute atomic E-state index is 6.23. The van der Waals surface area contributed by atoms with Gasteiger partial charge in [-0.05, 0) is 66.2 Å². The summed E-state index contributed by atoms with van der Waals surface area (Å²) in [5.74, 6) is 0. The molecule has 122 valence electrons. The molecule has 2 heteroatoms. The van der Waals surface area contributed by atoms with E-state index >= 15 is 0 Å². The first kappa shape index (κ1) is 19.9. The van der Waals surface area contributed by atoms with Gasteiger partial charge in [0.1, 0.15) is 0 Å². The van der Waals surface area contributed by atoms with E-state index in [-0.39, 0.29) is 22.1 Å². The fourth-order valence-corrected chi connectivity index (χ4v) is 2.25. The van der Waals surface area contributed by atoms with Gasteiger partial charge in [0, 0.05) is 17.7 Å². The average molecular weight is 286 g/mol. The molecule has 0 spiro atoms. The highest BCUT2D eigenvalue weighted by Gasteiger charge is 2.36. The summed E-state index contributed by atoms with van der Waals surface area (Å²) in [6.07, 6.45) is 3.29. The first-order valence-electron chi connectivity index (χ1n) is 8.22. The maximum Gasteiger partial charge on any atom is 0.0677 e. The summed E-state index contributed by atoms with van der Waals surface area (Å²) < 4.78 is 6.23. The summed E-state index contributed by atoms with van der Waals surface area (Å²) >= 11 is 0. The summed E-state index contributed by atoms with van der Waals surface area (Å²) in [6, 6.07) is 0. The Balaban J connectivity index is 4.43. The van der Waals surface area contributed by atoms with Crippen molar-refractivity contribution in [3.05, 3.63) is 0 Å². The molecule has 0 fully saturated rings. The van der Waals surface area contributed by atoms with Gasteiger partial charge in [0.15, 0.2) is 0 Å². The predicted octanol–water partition coefficient (Wildman–Crippen LogP) is 5.16. The van der Waals surface area contributed by atoms with Crippen molar-refractivity contribution < 1.29 is 4.74 Å². The molecule has 0 aliphatic carbocycles. The Morgan fingerprint density at radius 1 is 0.750 bits per heavy atom. The normalized spacial score (nSPS) is 14.7. The van der Waals surface area contributed by atoms with Crippen LogP contribution in [0.5, 0.6) is 0 Å². The van der Waals surface area contributed by atoms with E-state index in [9.17, 15) is 0 Å². The lowest BCUT2D eigenvalue weighted by Gasteiger charge is -2.42. The largest absolute Gasteiger partial charge is 0.375 e. The Kier molecular flexibility index (Phi) is 6.76. The summed E-state index contributed by atoms with van der Waals surface area (Å²) in [7, 11) is 0. The number of rotatable bonds is 9. The molecule has 0 rings (SSSR count). The minimum atomic E-state index is -0.0852. The van der Waals surface area contributed by atoms with Crippen molar-refractivity contribution in [1.82, 2.24) is 5.32 Å². The van der Waals surface area contributed by atoms with Crippen LogP contribution in [0, 0.1) is 5.41 Å². The van der Waals surface area contributed by atoms with Gasteiger partial charge in [-0.25, -0.2) is 0 Å². The Labute approximate surface area is 128 Å². The van der Waals surface area contributed by atoms with Crippen LogP contribution in [0.15, 0.2) is 0 Å². The first-order chi connectivity index (χ1) is 8.79. The van der Waals surface area contributed by atoms with E-state index in [2.05, 4.69) is 74.6 Å². The molecule has 20 heavy (non-hydrogen) atoms. The average Bonchev–Trinajstić information content (AvgIpc) is 2.26. The van der Waals surface area contributed by atoms with Crippen molar-refractivity contribution in [3.63, 3.8) is 0 Å². The van der Waals surface area contributed by atoms with Crippen LogP contribution < -0.4 is 5.32 Å². The van der Waals surface area contributed by atoms with Crippen LogP contribution in [-0.2, 0) is 4.74 Å². The quantitative estimate of drug-likeness (QED) is 0.631. The Hall–Kier alpha value is -0.0800. The monoisotopic (exact) mass is 285 g/mol. The fourth-order valence-electron chi connectivity index (χ4n) is 2.25. The second-order valence-electron chi connectivity index (χ2n) is 8.59. The van der Waals surface area contributed by atoms with Crippen molar-refractivity contribution in [3.8, 4) is 0 Å². The topological polar surface area (TPSA) is 21.3 Å². The Morgan fingerprint density at radius 2 is 1.25 bits per heavy atom. The van der Waals surface area contributed by atoms with Crippen molar-refractivity contribution in [2.75, 3.05) is 6.61 Å². The third-order valence-corrected chi connectivity index (χ3v) is 5.26. The third kappa shape index (κ3) is 6.13. The highest BCUT2D eigenvalue weighted by molar-refractivity contribution is 4.89. The molecule has 0 atom stereocenters. The molecule has 0 amide bonds. The van der Waals surface area contributed by atoms with E-state index in [4.69, 9.17) is 4.74 Å². The zero-order chi connectivity index (χ0) is 16.2. The van der Waals surface area contributed by atoms with E-state index in [0.717, 1.165) is 25.9 Å². The van der Waals surface area contributed by atoms with Crippen LogP contribution in [0.3, 0.4) is 0 Å². The van der Waals surface area contributed by atoms with Crippen LogP contribution in [0.2, 0.25) is 0 Å². The standard InChI is InChI=1S/C18H39NO/c1-11-15(3,4)18(9,10)20-14-13-17(7,8)19-16(5,6)12-2/h19H,11-14H2,1-10H3. The molecule has 0 bridgehead atoms. The van der Waals surface area contributed by atoms with Gasteiger partial charge >= 0.3 is 0 Å². The van der Waals surface area contributed by atoms with Gasteiger partial charge in [-0.1, -0.05) is 27.7 Å². The van der Waals surface area contributed by atoms with Crippen molar-refractivity contribution in [2.24, 2.45) is 5.41 Å². The van der Waals surface area contributed by atoms with Crippen LogP contribution >= 0.6 is 0 Å². The van der Waals surface area contributed by atoms with Gasteiger partial charge in [0.2, 0.25) is 0 Å². The van der Waals surface area contributed by atoms with E-state index in [1.54, 1.807) is 0 Å². The van der Waals surface area contributed by atoms with Crippen molar-refractivity contribution >= 4 is 0 Å². The molecule has 0 aromatic heterocycles. The minimum Gasteiger partial charge on any atom is -0.375 e. The van der Waals surface area contributed by atoms with E-state index in [0.29, 0.717) is 0 Å². The van der Waals surface area contributed by atoms with Gasteiger partial charge in [0.25, 0.3) is 0 Å². The highest BCUT2D eigenvalue weighted by Crippen LogP contribution is 2.37. The zero-order valence-electron chi connectivity index (χ0n) is 15.7. The molecule has 0 heterocycles. The Morgan fingerprint density at radius 3 is 1.65 bits per heavy atom. The summed E-state index contributed by atoms with van der Waals surface area (Å²) in [5, 5.41) is 3.74. The number of ether oxygens (including phenoxy) is 1. The van der Waals surface area contributed by atoms with Crippen LogP contribution in [0.1, 0.15) is 88.5 Å². The molecule has 0 aromatic carbocycles. The number of hydrogen-bond donors (Lipinski definition) is 1. The van der Waals surface area contributed by atoms with Gasteiger partial charge in [0.05, 0.1) is 5.60 Å². The van der Waals surface area contributed by atoms with Gasteiger partial charge in [-0.2, -0.15) is 0 Å². The molecule has 0 radical (unpaired) electrons. The van der Waals surface area contributed by atoms with Gasteiger partial charge in [-0.15, -0.1) is 0 Å². The SMILES string of the molecule is CCC(C)(C)NC(C)(C)CCOC(C)(C)C(C)(C)CC. The molecular weight excluding hydrogens is 246 g/mol. The molecule has 0 saturated carbocycles. The van der Waals surface area contributed by atoms with Crippen LogP contribution in [-0.4, -0.2) is 23.3 Å². The number of nitrogens with one attached hydrogen (secondary N) is 1. The maximum atomic E-state index is 6.23. The molecule has 0 aliphatic rings. The molecule has 0 aliphatic heterocycles. The molecular formula is C18H39NO. The molecule has 0 unspecified atom stereocenters. The highest BCUT2D eigenvalue weighted by atomic mass is 16.5. The first-order valence-corrected chi connectivity index (χ1v) is 8.22. The van der Waals surface area contributed by atoms with Crippen LogP contribution in [0.4, 0.5) is 0 Å². The zero-order valence-corrected chi connectivity index (χ0v) is 15.7.